The molecule has 2 unspecified atom stereocenters. The zero-order chi connectivity index (χ0) is 30.5. The van der Waals surface area contributed by atoms with Crippen LogP contribution in [0.3, 0.4) is 0 Å². The van der Waals surface area contributed by atoms with Crippen molar-refractivity contribution in [3.05, 3.63) is 144 Å². The number of hydrogen-bond acceptors (Lipinski definition) is 7. The number of aliphatic hydroxyl groups excluding tert-OH is 1. The Morgan fingerprint density at radius 3 is 1.63 bits per heavy atom. The summed E-state index contributed by atoms with van der Waals surface area (Å²) in [4.78, 5) is 38.6. The quantitative estimate of drug-likeness (QED) is 0.152. The lowest BCUT2D eigenvalue weighted by molar-refractivity contribution is -0.146. The second-order valence-corrected chi connectivity index (χ2v) is 10.9. The molecule has 0 aliphatic rings. The predicted octanol–water partition coefficient (Wildman–Crippen LogP) is 4.66. The highest BCUT2D eigenvalue weighted by molar-refractivity contribution is 8.00. The fraction of sp³-hybridized carbons (Fsp3) is 0.206. The Morgan fingerprint density at radius 2 is 1.19 bits per heavy atom. The average molecular weight is 599 g/mol. The molecular weight excluding hydrogens is 564 g/mol. The fourth-order valence-corrected chi connectivity index (χ4v) is 6.22. The number of nitrogens with one attached hydrogen (secondary N) is 2. The van der Waals surface area contributed by atoms with Gasteiger partial charge in [0.1, 0.15) is 12.6 Å². The number of methoxy groups -OCH3 is 1. The number of aliphatic hydroxyl groups is 1. The monoisotopic (exact) mass is 598 g/mol. The maximum Gasteiger partial charge on any atom is 0.408 e. The molecule has 2 amide bonds. The summed E-state index contributed by atoms with van der Waals surface area (Å²) < 4.78 is 9.36. The van der Waals surface area contributed by atoms with Gasteiger partial charge in [0, 0.05) is 5.75 Å². The third-order valence-electron chi connectivity index (χ3n) is 6.81. The number of hydrogen-bond donors (Lipinski definition) is 3. The van der Waals surface area contributed by atoms with E-state index < -0.39 is 41.4 Å². The third kappa shape index (κ3) is 8.03. The molecule has 0 aliphatic carbocycles. The number of amides is 2. The zero-order valence-corrected chi connectivity index (χ0v) is 24.5. The molecule has 0 aromatic heterocycles. The van der Waals surface area contributed by atoms with Crippen molar-refractivity contribution in [1.29, 1.82) is 0 Å². The molecule has 0 aliphatic heterocycles. The summed E-state index contributed by atoms with van der Waals surface area (Å²) >= 11 is 1.46. The van der Waals surface area contributed by atoms with E-state index in [1.165, 1.54) is 11.8 Å². The summed E-state index contributed by atoms with van der Waals surface area (Å²) in [6.07, 6.45) is -0.798. The third-order valence-corrected chi connectivity index (χ3v) is 8.45. The first-order valence-corrected chi connectivity index (χ1v) is 14.7. The number of esters is 1. The van der Waals surface area contributed by atoms with Crippen LogP contribution in [0.15, 0.2) is 121 Å². The number of carbonyl (C=O) groups is 3. The van der Waals surface area contributed by atoms with Gasteiger partial charge in [-0.05, 0) is 22.3 Å². The van der Waals surface area contributed by atoms with E-state index in [0.29, 0.717) is 0 Å². The molecule has 2 atom stereocenters. The second-order valence-electron chi connectivity index (χ2n) is 9.62. The Labute approximate surface area is 255 Å². The van der Waals surface area contributed by atoms with Crippen LogP contribution in [0.2, 0.25) is 0 Å². The van der Waals surface area contributed by atoms with E-state index in [4.69, 9.17) is 9.47 Å². The molecule has 3 N–H and O–H groups in total. The lowest BCUT2D eigenvalue weighted by atomic mass is 9.84. The second kappa shape index (κ2) is 15.6. The number of thioether (sulfide) groups is 1. The van der Waals surface area contributed by atoms with E-state index in [9.17, 15) is 19.5 Å². The molecule has 9 heteroatoms. The van der Waals surface area contributed by atoms with E-state index in [1.807, 2.05) is 121 Å². The SMILES string of the molecule is COC(=O)C(CO)NC(=O)C(CSC(c1ccccc1)(c1ccccc1)c1ccccc1)NC(=O)OCc1ccccc1. The van der Waals surface area contributed by atoms with Gasteiger partial charge < -0.3 is 25.2 Å². The summed E-state index contributed by atoms with van der Waals surface area (Å²) in [5, 5.41) is 14.9. The van der Waals surface area contributed by atoms with E-state index in [2.05, 4.69) is 10.6 Å². The highest BCUT2D eigenvalue weighted by atomic mass is 32.2. The first kappa shape index (κ1) is 31.3. The average Bonchev–Trinajstić information content (AvgIpc) is 3.07. The molecule has 0 radical (unpaired) electrons. The van der Waals surface area contributed by atoms with Crippen LogP contribution in [-0.4, -0.2) is 54.6 Å². The van der Waals surface area contributed by atoms with Gasteiger partial charge in [-0.3, -0.25) is 4.79 Å². The Balaban J connectivity index is 1.68. The van der Waals surface area contributed by atoms with E-state index in [-0.39, 0.29) is 12.4 Å². The van der Waals surface area contributed by atoms with Crippen molar-refractivity contribution in [2.75, 3.05) is 19.5 Å². The van der Waals surface area contributed by atoms with Crippen LogP contribution < -0.4 is 10.6 Å². The Bertz CT molecular complexity index is 1360. The van der Waals surface area contributed by atoms with Crippen molar-refractivity contribution in [2.24, 2.45) is 0 Å². The van der Waals surface area contributed by atoms with Crippen molar-refractivity contribution in [3.8, 4) is 0 Å². The number of benzene rings is 4. The molecule has 43 heavy (non-hydrogen) atoms. The van der Waals surface area contributed by atoms with Gasteiger partial charge in [0.15, 0.2) is 6.04 Å². The van der Waals surface area contributed by atoms with Crippen LogP contribution in [-0.2, 0) is 30.4 Å². The molecule has 0 bridgehead atoms. The van der Waals surface area contributed by atoms with Gasteiger partial charge in [-0.25, -0.2) is 9.59 Å². The van der Waals surface area contributed by atoms with E-state index >= 15 is 0 Å². The molecule has 4 rings (SSSR count). The van der Waals surface area contributed by atoms with Crippen LogP contribution in [0, 0.1) is 0 Å². The predicted molar refractivity (Wildman–Crippen MR) is 166 cm³/mol. The Hall–Kier alpha value is -4.60. The molecular formula is C34H34N2O6S. The fourth-order valence-electron chi connectivity index (χ4n) is 4.66. The standard InChI is InChI=1S/C34H34N2O6S/c1-41-32(39)29(22-37)35-31(38)30(36-33(40)42-23-25-14-6-2-7-15-25)24-43-34(26-16-8-3-9-17-26,27-18-10-4-11-19-27)28-20-12-5-13-21-28/h2-21,29-30,37H,22-24H2,1H3,(H,35,38)(H,36,40). The van der Waals surface area contributed by atoms with E-state index in [1.54, 1.807) is 0 Å². The van der Waals surface area contributed by atoms with Crippen molar-refractivity contribution in [1.82, 2.24) is 10.6 Å². The molecule has 0 heterocycles. The minimum atomic E-state index is -1.30. The van der Waals surface area contributed by atoms with Gasteiger partial charge in [0.25, 0.3) is 0 Å². The van der Waals surface area contributed by atoms with Gasteiger partial charge in [-0.1, -0.05) is 121 Å². The number of carbonyl (C=O) groups excluding carboxylic acids is 3. The van der Waals surface area contributed by atoms with Crippen LogP contribution in [0.25, 0.3) is 0 Å². The van der Waals surface area contributed by atoms with Gasteiger partial charge in [-0.15, -0.1) is 11.8 Å². The Morgan fingerprint density at radius 1 is 0.721 bits per heavy atom. The van der Waals surface area contributed by atoms with Crippen LogP contribution >= 0.6 is 11.8 Å². The largest absolute Gasteiger partial charge is 0.467 e. The number of ether oxygens (including phenoxy) is 2. The summed E-state index contributed by atoms with van der Waals surface area (Å²) in [5.41, 5.74) is 3.72. The minimum Gasteiger partial charge on any atom is -0.467 e. The Kier molecular flexibility index (Phi) is 11.4. The van der Waals surface area contributed by atoms with Crippen LogP contribution in [0.5, 0.6) is 0 Å². The summed E-state index contributed by atoms with van der Waals surface area (Å²) in [7, 11) is 1.16. The molecule has 0 saturated heterocycles. The molecule has 0 fully saturated rings. The lowest BCUT2D eigenvalue weighted by Crippen LogP contribution is -2.54. The van der Waals surface area contributed by atoms with Gasteiger partial charge in [0.2, 0.25) is 5.91 Å². The number of rotatable bonds is 13. The first-order valence-electron chi connectivity index (χ1n) is 13.7. The zero-order valence-electron chi connectivity index (χ0n) is 23.7. The van der Waals surface area contributed by atoms with Gasteiger partial charge >= 0.3 is 12.1 Å². The maximum absolute atomic E-state index is 13.6. The van der Waals surface area contributed by atoms with Crippen molar-refractivity contribution in [2.45, 2.75) is 23.4 Å². The highest BCUT2D eigenvalue weighted by Crippen LogP contribution is 2.48. The molecule has 222 valence electrons. The molecule has 8 nitrogen and oxygen atoms in total. The molecule has 4 aromatic carbocycles. The normalized spacial score (nSPS) is 12.4. The van der Waals surface area contributed by atoms with Crippen LogP contribution in [0.1, 0.15) is 22.3 Å². The molecule has 0 spiro atoms. The molecule has 0 saturated carbocycles. The number of alkyl carbamates (subject to hydrolysis) is 1. The minimum absolute atomic E-state index is 0.0115. The van der Waals surface area contributed by atoms with Crippen molar-refractivity contribution < 1.29 is 29.0 Å². The summed E-state index contributed by atoms with van der Waals surface area (Å²) in [5.74, 6) is -1.39. The lowest BCUT2D eigenvalue weighted by Gasteiger charge is -2.36. The topological polar surface area (TPSA) is 114 Å². The van der Waals surface area contributed by atoms with E-state index in [0.717, 1.165) is 29.4 Å². The van der Waals surface area contributed by atoms with Crippen molar-refractivity contribution >= 4 is 29.7 Å². The summed E-state index contributed by atoms with van der Waals surface area (Å²) in [6.45, 7) is -0.656. The van der Waals surface area contributed by atoms with Crippen LogP contribution in [0.4, 0.5) is 4.79 Å². The maximum atomic E-state index is 13.6. The smallest absolute Gasteiger partial charge is 0.408 e. The summed E-state index contributed by atoms with van der Waals surface area (Å²) in [6, 6.07) is 36.5. The highest BCUT2D eigenvalue weighted by Gasteiger charge is 2.39. The van der Waals surface area contributed by atoms with Crippen molar-refractivity contribution in [3.63, 3.8) is 0 Å². The van der Waals surface area contributed by atoms with Gasteiger partial charge in [0.05, 0.1) is 18.5 Å². The molecule has 4 aromatic rings. The van der Waals surface area contributed by atoms with Gasteiger partial charge in [-0.2, -0.15) is 0 Å². The first-order chi connectivity index (χ1) is 21.0.